The van der Waals surface area contributed by atoms with E-state index in [-0.39, 0.29) is 40.6 Å². The van der Waals surface area contributed by atoms with Gasteiger partial charge in [-0.15, -0.1) is 0 Å². The normalized spacial score (nSPS) is 14.9. The second-order valence-corrected chi connectivity index (χ2v) is 5.88. The lowest BCUT2D eigenvalue weighted by molar-refractivity contribution is 0.0993. The van der Waals surface area contributed by atoms with Crippen LogP contribution in [0.5, 0.6) is 23.0 Å². The van der Waals surface area contributed by atoms with E-state index < -0.39 is 17.3 Å². The predicted molar refractivity (Wildman–Crippen MR) is 97.0 cm³/mol. The number of ketones is 2. The van der Waals surface area contributed by atoms with Crippen molar-refractivity contribution in [3.05, 3.63) is 52.6 Å². The summed E-state index contributed by atoms with van der Waals surface area (Å²) in [5, 5.41) is 21.2. The Kier molecular flexibility index (Phi) is 4.77. The second-order valence-electron chi connectivity index (χ2n) is 5.88. The number of benzene rings is 2. The molecular formula is C20H18O7. The molecule has 0 unspecified atom stereocenters. The van der Waals surface area contributed by atoms with Gasteiger partial charge in [-0.25, -0.2) is 0 Å². The van der Waals surface area contributed by atoms with E-state index in [0.29, 0.717) is 11.3 Å². The number of hydrogen-bond acceptors (Lipinski definition) is 7. The summed E-state index contributed by atoms with van der Waals surface area (Å²) in [6.45, 7) is 1.04. The van der Waals surface area contributed by atoms with Gasteiger partial charge < -0.3 is 24.4 Å². The van der Waals surface area contributed by atoms with Crippen molar-refractivity contribution in [1.82, 2.24) is 0 Å². The molecule has 1 aliphatic rings. The molecule has 0 saturated carbocycles. The third-order valence-electron chi connectivity index (χ3n) is 4.32. The van der Waals surface area contributed by atoms with Gasteiger partial charge in [0.15, 0.2) is 5.78 Å². The largest absolute Gasteiger partial charge is 0.507 e. The van der Waals surface area contributed by atoms with Gasteiger partial charge in [-0.3, -0.25) is 9.59 Å². The number of Topliss-reactive ketones (excluding diaryl/α,β-unsaturated/α-hetero) is 2. The van der Waals surface area contributed by atoms with E-state index in [4.69, 9.17) is 14.2 Å². The third kappa shape index (κ3) is 2.97. The van der Waals surface area contributed by atoms with Crippen LogP contribution in [0.15, 0.2) is 35.9 Å². The Morgan fingerprint density at radius 3 is 2.44 bits per heavy atom. The zero-order chi connectivity index (χ0) is 19.7. The Hall–Kier alpha value is -3.48. The SMILES string of the molecule is COc1ccccc1/C(O)=C1\COc2cc(OC)c(C(C)=O)c(O)c2C1=O. The highest BCUT2D eigenvalue weighted by atomic mass is 16.5. The number of aliphatic hydroxyl groups excluding tert-OH is 1. The average Bonchev–Trinajstić information content (AvgIpc) is 2.66. The first-order valence-electron chi connectivity index (χ1n) is 8.08. The van der Waals surface area contributed by atoms with Crippen LogP contribution >= 0.6 is 0 Å². The number of methoxy groups -OCH3 is 2. The van der Waals surface area contributed by atoms with Crippen LogP contribution in [0.4, 0.5) is 0 Å². The maximum absolute atomic E-state index is 13.0. The van der Waals surface area contributed by atoms with Gasteiger partial charge in [0.2, 0.25) is 5.78 Å². The van der Waals surface area contributed by atoms with Crippen molar-refractivity contribution in [2.45, 2.75) is 6.92 Å². The second kappa shape index (κ2) is 7.03. The lowest BCUT2D eigenvalue weighted by atomic mass is 9.93. The number of aliphatic hydroxyl groups is 1. The fourth-order valence-corrected chi connectivity index (χ4v) is 3.00. The van der Waals surface area contributed by atoms with Gasteiger partial charge in [0.05, 0.1) is 25.4 Å². The molecule has 0 aliphatic carbocycles. The van der Waals surface area contributed by atoms with E-state index in [1.54, 1.807) is 24.3 Å². The number of carbonyl (C=O) groups excluding carboxylic acids is 2. The standard InChI is InChI=1S/C20H18O7/c1-10(21)16-14(26-3)8-15-17(20(16)24)19(23)12(9-27-15)18(22)11-6-4-5-7-13(11)25-2/h4-8,22,24H,9H2,1-3H3/b18-12-. The summed E-state index contributed by atoms with van der Waals surface area (Å²) in [6.07, 6.45) is 0. The highest BCUT2D eigenvalue weighted by Crippen LogP contribution is 2.43. The Balaban J connectivity index is 2.19. The van der Waals surface area contributed by atoms with Crippen molar-refractivity contribution in [2.24, 2.45) is 0 Å². The van der Waals surface area contributed by atoms with Gasteiger partial charge in [0, 0.05) is 6.07 Å². The quantitative estimate of drug-likeness (QED) is 0.484. The maximum Gasteiger partial charge on any atom is 0.203 e. The number of fused-ring (bicyclic) bond motifs is 1. The first-order chi connectivity index (χ1) is 12.9. The van der Waals surface area contributed by atoms with E-state index in [2.05, 4.69) is 0 Å². The van der Waals surface area contributed by atoms with Crippen LogP contribution in [0.25, 0.3) is 5.76 Å². The fourth-order valence-electron chi connectivity index (χ4n) is 3.00. The molecule has 2 aromatic rings. The number of aromatic hydroxyl groups is 1. The van der Waals surface area contributed by atoms with Crippen molar-refractivity contribution >= 4 is 17.3 Å². The predicted octanol–water partition coefficient (Wildman–Crippen LogP) is 3.16. The molecule has 1 aliphatic heterocycles. The van der Waals surface area contributed by atoms with Crippen LogP contribution < -0.4 is 14.2 Å². The minimum Gasteiger partial charge on any atom is -0.507 e. The molecule has 0 aromatic heterocycles. The molecule has 0 spiro atoms. The zero-order valence-electron chi connectivity index (χ0n) is 15.0. The van der Waals surface area contributed by atoms with Gasteiger partial charge in [-0.2, -0.15) is 0 Å². The average molecular weight is 370 g/mol. The lowest BCUT2D eigenvalue weighted by Crippen LogP contribution is -2.22. The Morgan fingerprint density at radius 1 is 1.15 bits per heavy atom. The van der Waals surface area contributed by atoms with Gasteiger partial charge in [-0.1, -0.05) is 12.1 Å². The summed E-state index contributed by atoms with van der Waals surface area (Å²) in [6, 6.07) is 8.03. The summed E-state index contributed by atoms with van der Waals surface area (Å²) < 4.78 is 15.9. The number of rotatable bonds is 4. The monoisotopic (exact) mass is 370 g/mol. The summed E-state index contributed by atoms with van der Waals surface area (Å²) in [4.78, 5) is 24.9. The van der Waals surface area contributed by atoms with Crippen LogP contribution in [0.2, 0.25) is 0 Å². The minimum atomic E-state index is -0.637. The van der Waals surface area contributed by atoms with Gasteiger partial charge in [0.1, 0.15) is 46.5 Å². The Labute approximate surface area is 155 Å². The Morgan fingerprint density at radius 2 is 1.81 bits per heavy atom. The number of ether oxygens (including phenoxy) is 3. The topological polar surface area (TPSA) is 102 Å². The van der Waals surface area contributed by atoms with E-state index in [1.165, 1.54) is 27.2 Å². The molecule has 0 fully saturated rings. The number of hydrogen-bond donors (Lipinski definition) is 2. The Bertz CT molecular complexity index is 973. The number of carbonyl (C=O) groups is 2. The molecule has 27 heavy (non-hydrogen) atoms. The number of phenols is 1. The summed E-state index contributed by atoms with van der Waals surface area (Å²) in [5.74, 6) is -1.39. The van der Waals surface area contributed by atoms with Crippen LogP contribution in [0.3, 0.4) is 0 Å². The first-order valence-corrected chi connectivity index (χ1v) is 8.08. The third-order valence-corrected chi connectivity index (χ3v) is 4.32. The first kappa shape index (κ1) is 18.3. The van der Waals surface area contributed by atoms with E-state index >= 15 is 0 Å². The molecule has 1 heterocycles. The smallest absolute Gasteiger partial charge is 0.203 e. The molecule has 7 nitrogen and oxygen atoms in total. The van der Waals surface area contributed by atoms with Crippen molar-refractivity contribution in [3.63, 3.8) is 0 Å². The van der Waals surface area contributed by atoms with Crippen LogP contribution in [0.1, 0.15) is 33.2 Å². The van der Waals surface area contributed by atoms with Gasteiger partial charge in [0.25, 0.3) is 0 Å². The summed E-state index contributed by atoms with van der Waals surface area (Å²) in [7, 11) is 2.79. The molecule has 3 rings (SSSR count). The molecular weight excluding hydrogens is 352 g/mol. The maximum atomic E-state index is 13.0. The van der Waals surface area contributed by atoms with Crippen LogP contribution in [-0.4, -0.2) is 42.6 Å². The van der Waals surface area contributed by atoms with Crippen molar-refractivity contribution in [1.29, 1.82) is 0 Å². The molecule has 0 bridgehead atoms. The highest BCUT2D eigenvalue weighted by molar-refractivity contribution is 6.18. The van der Waals surface area contributed by atoms with E-state index in [0.717, 1.165) is 0 Å². The lowest BCUT2D eigenvalue weighted by Gasteiger charge is -2.23. The molecule has 0 saturated heterocycles. The molecule has 7 heteroatoms. The van der Waals surface area contributed by atoms with Gasteiger partial charge >= 0.3 is 0 Å². The molecule has 0 amide bonds. The molecule has 140 valence electrons. The van der Waals surface area contributed by atoms with Crippen molar-refractivity contribution < 1.29 is 34.0 Å². The summed E-state index contributed by atoms with van der Waals surface area (Å²) >= 11 is 0. The van der Waals surface area contributed by atoms with E-state index in [1.807, 2.05) is 0 Å². The fraction of sp³-hybridized carbons (Fsp3) is 0.200. The van der Waals surface area contributed by atoms with Crippen LogP contribution in [0, 0.1) is 0 Å². The minimum absolute atomic E-state index is 0.0537. The molecule has 2 N–H and O–H groups in total. The van der Waals surface area contributed by atoms with Crippen molar-refractivity contribution in [3.8, 4) is 23.0 Å². The highest BCUT2D eigenvalue weighted by Gasteiger charge is 2.34. The number of para-hydroxylation sites is 1. The molecule has 0 radical (unpaired) electrons. The van der Waals surface area contributed by atoms with E-state index in [9.17, 15) is 19.8 Å². The number of phenolic OH excluding ortho intramolecular Hbond substituents is 1. The molecule has 2 aromatic carbocycles. The van der Waals surface area contributed by atoms with Crippen molar-refractivity contribution in [2.75, 3.05) is 20.8 Å². The zero-order valence-corrected chi connectivity index (χ0v) is 15.0. The van der Waals surface area contributed by atoms with Gasteiger partial charge in [-0.05, 0) is 19.1 Å². The molecule has 0 atom stereocenters. The summed E-state index contributed by atoms with van der Waals surface area (Å²) in [5.41, 5.74) is -0.0490. The van der Waals surface area contributed by atoms with Crippen LogP contribution in [-0.2, 0) is 0 Å².